The highest BCUT2D eigenvalue weighted by molar-refractivity contribution is 6.05. The zero-order valence-corrected chi connectivity index (χ0v) is 13.0. The molecule has 1 fully saturated rings. The number of aliphatic imine (C=N–C) groups is 1. The number of rotatable bonds is 5. The first-order valence-corrected chi connectivity index (χ1v) is 7.90. The number of amidine groups is 1. The van der Waals surface area contributed by atoms with Crippen LogP contribution >= 0.6 is 0 Å². The second-order valence-corrected chi connectivity index (χ2v) is 5.97. The molecule has 2 aliphatic rings. The summed E-state index contributed by atoms with van der Waals surface area (Å²) in [6.45, 7) is 3.33. The molecule has 6 nitrogen and oxygen atoms in total. The summed E-state index contributed by atoms with van der Waals surface area (Å²) >= 11 is 0. The van der Waals surface area contributed by atoms with Crippen molar-refractivity contribution in [3.63, 3.8) is 0 Å². The maximum absolute atomic E-state index is 5.30. The molecular weight excluding hydrogens is 290 g/mol. The van der Waals surface area contributed by atoms with Crippen LogP contribution in [0.25, 0.3) is 0 Å². The van der Waals surface area contributed by atoms with Crippen LogP contribution in [-0.2, 0) is 6.54 Å². The van der Waals surface area contributed by atoms with E-state index >= 15 is 0 Å². The Morgan fingerprint density at radius 2 is 2.22 bits per heavy atom. The lowest BCUT2D eigenvalue weighted by Crippen LogP contribution is -2.11. The number of aromatic nitrogens is 2. The Bertz CT molecular complexity index is 759. The molecule has 1 aliphatic heterocycles. The van der Waals surface area contributed by atoms with E-state index in [4.69, 9.17) is 4.42 Å². The zero-order chi connectivity index (χ0) is 15.6. The Kier molecular flexibility index (Phi) is 3.57. The second kappa shape index (κ2) is 5.87. The fourth-order valence-corrected chi connectivity index (χ4v) is 2.64. The van der Waals surface area contributed by atoms with Gasteiger partial charge in [0.15, 0.2) is 0 Å². The van der Waals surface area contributed by atoms with Gasteiger partial charge in [-0.05, 0) is 49.5 Å². The Balaban J connectivity index is 1.44. The molecule has 4 rings (SSSR count). The van der Waals surface area contributed by atoms with E-state index in [0.29, 0.717) is 12.5 Å². The third kappa shape index (κ3) is 3.41. The van der Waals surface area contributed by atoms with E-state index in [9.17, 15) is 0 Å². The van der Waals surface area contributed by atoms with Crippen LogP contribution in [0, 0.1) is 12.8 Å². The number of anilines is 2. The minimum absolute atomic E-state index is 0.558. The molecule has 0 saturated heterocycles. The van der Waals surface area contributed by atoms with Crippen molar-refractivity contribution in [2.45, 2.75) is 26.3 Å². The van der Waals surface area contributed by atoms with Gasteiger partial charge >= 0.3 is 0 Å². The van der Waals surface area contributed by atoms with Crippen LogP contribution in [0.4, 0.5) is 11.8 Å². The van der Waals surface area contributed by atoms with E-state index in [-0.39, 0.29) is 0 Å². The lowest BCUT2D eigenvalue weighted by Gasteiger charge is -2.08. The summed E-state index contributed by atoms with van der Waals surface area (Å²) in [6.07, 6.45) is 6.43. The van der Waals surface area contributed by atoms with Crippen molar-refractivity contribution in [2.75, 3.05) is 17.2 Å². The van der Waals surface area contributed by atoms with Gasteiger partial charge in [0.1, 0.15) is 17.4 Å². The molecule has 0 spiro atoms. The van der Waals surface area contributed by atoms with E-state index in [1.54, 1.807) is 6.26 Å². The zero-order valence-electron chi connectivity index (χ0n) is 13.0. The maximum atomic E-state index is 5.30. The molecule has 0 atom stereocenters. The van der Waals surface area contributed by atoms with Crippen molar-refractivity contribution < 1.29 is 4.42 Å². The molecule has 2 N–H and O–H groups in total. The SMILES string of the molecule is Cc1cc(NC2=NCC(C3CC3)=C2)nc(NCc2ccco2)n1. The van der Waals surface area contributed by atoms with Crippen LogP contribution in [0.3, 0.4) is 0 Å². The number of nitrogens with one attached hydrogen (secondary N) is 2. The molecule has 0 unspecified atom stereocenters. The molecule has 23 heavy (non-hydrogen) atoms. The van der Waals surface area contributed by atoms with E-state index in [1.807, 2.05) is 25.1 Å². The number of hydrogen-bond acceptors (Lipinski definition) is 6. The van der Waals surface area contributed by atoms with Gasteiger partial charge in [0.2, 0.25) is 5.95 Å². The topological polar surface area (TPSA) is 75.3 Å². The summed E-state index contributed by atoms with van der Waals surface area (Å²) in [5.74, 6) is 3.83. The maximum Gasteiger partial charge on any atom is 0.225 e. The molecule has 0 bridgehead atoms. The highest BCUT2D eigenvalue weighted by Crippen LogP contribution is 2.37. The van der Waals surface area contributed by atoms with Gasteiger partial charge in [0.05, 0.1) is 19.4 Å². The van der Waals surface area contributed by atoms with Gasteiger partial charge in [0.25, 0.3) is 0 Å². The number of nitrogens with zero attached hydrogens (tertiary/aromatic N) is 3. The predicted molar refractivity (Wildman–Crippen MR) is 89.5 cm³/mol. The van der Waals surface area contributed by atoms with Gasteiger partial charge in [-0.25, -0.2) is 4.98 Å². The number of hydrogen-bond donors (Lipinski definition) is 2. The first kappa shape index (κ1) is 14.0. The highest BCUT2D eigenvalue weighted by atomic mass is 16.3. The second-order valence-electron chi connectivity index (χ2n) is 5.97. The average Bonchev–Trinajstić information content (AvgIpc) is 3.06. The quantitative estimate of drug-likeness (QED) is 0.887. The molecule has 0 amide bonds. The summed E-state index contributed by atoms with van der Waals surface area (Å²) < 4.78 is 5.30. The fraction of sp³-hybridized carbons (Fsp3) is 0.353. The van der Waals surface area contributed by atoms with Crippen LogP contribution in [0.2, 0.25) is 0 Å². The van der Waals surface area contributed by atoms with Crippen LogP contribution in [0.1, 0.15) is 24.3 Å². The summed E-state index contributed by atoms with van der Waals surface area (Å²) in [7, 11) is 0. The van der Waals surface area contributed by atoms with E-state index in [0.717, 1.165) is 35.6 Å². The molecule has 0 radical (unpaired) electrons. The van der Waals surface area contributed by atoms with Gasteiger partial charge in [0, 0.05) is 11.8 Å². The first-order chi connectivity index (χ1) is 11.3. The van der Waals surface area contributed by atoms with Crippen LogP contribution in [0.15, 0.2) is 45.5 Å². The van der Waals surface area contributed by atoms with Gasteiger partial charge in [-0.1, -0.05) is 0 Å². The monoisotopic (exact) mass is 309 g/mol. The minimum Gasteiger partial charge on any atom is -0.467 e. The third-order valence-corrected chi connectivity index (χ3v) is 3.97. The predicted octanol–water partition coefficient (Wildman–Crippen LogP) is 3.15. The molecule has 1 saturated carbocycles. The molecule has 3 heterocycles. The smallest absolute Gasteiger partial charge is 0.225 e. The van der Waals surface area contributed by atoms with E-state index < -0.39 is 0 Å². The molecule has 118 valence electrons. The highest BCUT2D eigenvalue weighted by Gasteiger charge is 2.27. The largest absolute Gasteiger partial charge is 0.467 e. The normalized spacial score (nSPS) is 16.9. The number of furan rings is 1. The van der Waals surface area contributed by atoms with Gasteiger partial charge in [-0.3, -0.25) is 4.99 Å². The van der Waals surface area contributed by atoms with E-state index in [1.165, 1.54) is 18.4 Å². The van der Waals surface area contributed by atoms with Gasteiger partial charge in [-0.15, -0.1) is 0 Å². The third-order valence-electron chi connectivity index (χ3n) is 3.97. The molecule has 6 heteroatoms. The lowest BCUT2D eigenvalue weighted by molar-refractivity contribution is 0.517. The summed E-state index contributed by atoms with van der Waals surface area (Å²) in [5, 5.41) is 6.47. The van der Waals surface area contributed by atoms with Gasteiger partial charge < -0.3 is 15.1 Å². The first-order valence-electron chi connectivity index (χ1n) is 7.90. The lowest BCUT2D eigenvalue weighted by atomic mass is 10.2. The average molecular weight is 309 g/mol. The summed E-state index contributed by atoms with van der Waals surface area (Å²) in [5.41, 5.74) is 2.34. The minimum atomic E-state index is 0.558. The van der Waals surface area contributed by atoms with Crippen molar-refractivity contribution in [3.05, 3.63) is 47.6 Å². The fourth-order valence-electron chi connectivity index (χ4n) is 2.64. The number of aryl methyl sites for hydroxylation is 1. The van der Waals surface area contributed by atoms with Crippen molar-refractivity contribution >= 4 is 17.6 Å². The molecule has 1 aliphatic carbocycles. The Hall–Kier alpha value is -2.63. The molecule has 0 aromatic carbocycles. The van der Waals surface area contributed by atoms with Crippen LogP contribution < -0.4 is 10.6 Å². The Labute approximate surface area is 134 Å². The van der Waals surface area contributed by atoms with Crippen LogP contribution in [0.5, 0.6) is 0 Å². The van der Waals surface area contributed by atoms with Crippen molar-refractivity contribution in [1.82, 2.24) is 9.97 Å². The van der Waals surface area contributed by atoms with Crippen molar-refractivity contribution in [3.8, 4) is 0 Å². The molecule has 2 aromatic heterocycles. The molecule has 2 aromatic rings. The van der Waals surface area contributed by atoms with Crippen LogP contribution in [-0.4, -0.2) is 22.3 Å². The van der Waals surface area contributed by atoms with Crippen molar-refractivity contribution in [2.24, 2.45) is 10.9 Å². The van der Waals surface area contributed by atoms with Gasteiger partial charge in [-0.2, -0.15) is 4.98 Å². The summed E-state index contributed by atoms with van der Waals surface area (Å²) in [6, 6.07) is 5.70. The molecular formula is C17H19N5O. The summed E-state index contributed by atoms with van der Waals surface area (Å²) in [4.78, 5) is 13.4. The Morgan fingerprint density at radius 1 is 1.30 bits per heavy atom. The Morgan fingerprint density at radius 3 is 3.00 bits per heavy atom. The van der Waals surface area contributed by atoms with Crippen molar-refractivity contribution in [1.29, 1.82) is 0 Å². The standard InChI is InChI=1S/C17H19N5O/c1-11-7-16(21-15-8-13(9-18-15)12-4-5-12)22-17(20-11)19-10-14-3-2-6-23-14/h2-3,6-8,12H,4-5,9-10H2,1H3,(H2,18,19,20,21,22). The van der Waals surface area contributed by atoms with E-state index in [2.05, 4.69) is 31.7 Å².